The van der Waals surface area contributed by atoms with Gasteiger partial charge in [0.2, 0.25) is 17.7 Å². The molecule has 2 aliphatic rings. The number of rotatable bonds is 8. The molecule has 0 radical (unpaired) electrons. The number of imide groups is 1. The first-order chi connectivity index (χ1) is 12.4. The highest BCUT2D eigenvalue weighted by atomic mass is 16.5. The third-order valence-electron chi connectivity index (χ3n) is 4.32. The summed E-state index contributed by atoms with van der Waals surface area (Å²) in [5, 5.41) is 4.83. The van der Waals surface area contributed by atoms with Crippen LogP contribution in [0.1, 0.15) is 26.2 Å². The van der Waals surface area contributed by atoms with Crippen LogP contribution in [0, 0.1) is 11.8 Å². The number of fused-ring (bicyclic) bond motifs is 1. The van der Waals surface area contributed by atoms with E-state index in [-0.39, 0.29) is 49.1 Å². The Morgan fingerprint density at radius 2 is 1.69 bits per heavy atom. The van der Waals surface area contributed by atoms with Gasteiger partial charge in [0, 0.05) is 13.1 Å². The van der Waals surface area contributed by atoms with Crippen molar-refractivity contribution in [2.75, 3.05) is 26.2 Å². The fourth-order valence-corrected chi connectivity index (χ4v) is 3.00. The van der Waals surface area contributed by atoms with Gasteiger partial charge in [-0.15, -0.1) is 0 Å². The normalized spacial score (nSPS) is 21.3. The summed E-state index contributed by atoms with van der Waals surface area (Å²) in [6.45, 7) is 1.44. The smallest absolute Gasteiger partial charge is 0.308 e. The highest BCUT2D eigenvalue weighted by Gasteiger charge is 2.46. The fraction of sp³-hybridized carbons (Fsp3) is 0.588. The van der Waals surface area contributed by atoms with E-state index in [1.54, 1.807) is 6.92 Å². The molecule has 2 N–H and O–H groups in total. The van der Waals surface area contributed by atoms with E-state index in [0.717, 1.165) is 4.90 Å². The van der Waals surface area contributed by atoms with Gasteiger partial charge in [-0.2, -0.15) is 0 Å². The van der Waals surface area contributed by atoms with Crippen LogP contribution in [-0.2, 0) is 28.7 Å². The molecule has 2 atom stereocenters. The number of likely N-dealkylation sites (tertiary alicyclic amines) is 1. The molecule has 0 saturated carbocycles. The van der Waals surface area contributed by atoms with Crippen LogP contribution in [0.15, 0.2) is 12.2 Å². The molecule has 9 heteroatoms. The number of allylic oxidation sites excluding steroid dienone is 2. The zero-order valence-electron chi connectivity index (χ0n) is 14.7. The summed E-state index contributed by atoms with van der Waals surface area (Å²) in [4.78, 5) is 60.0. The maximum absolute atomic E-state index is 12.2. The molecule has 9 nitrogen and oxygen atoms in total. The van der Waals surface area contributed by atoms with Crippen molar-refractivity contribution in [3.8, 4) is 0 Å². The maximum atomic E-state index is 12.2. The number of amides is 4. The van der Waals surface area contributed by atoms with Crippen LogP contribution < -0.4 is 10.6 Å². The number of likely N-dealkylation sites (N-methyl/N-ethyl adjacent to an activating group) is 1. The van der Waals surface area contributed by atoms with Crippen LogP contribution in [-0.4, -0.2) is 60.7 Å². The first-order valence-corrected chi connectivity index (χ1v) is 8.63. The molecule has 2 rings (SSSR count). The Bertz CT molecular complexity index is 604. The molecule has 26 heavy (non-hydrogen) atoms. The summed E-state index contributed by atoms with van der Waals surface area (Å²) in [5.41, 5.74) is 0. The number of ether oxygens (including phenoxy) is 1. The molecule has 1 fully saturated rings. The molecule has 0 aromatic carbocycles. The monoisotopic (exact) mass is 365 g/mol. The van der Waals surface area contributed by atoms with Crippen LogP contribution in [0.3, 0.4) is 0 Å². The molecular weight excluding hydrogens is 342 g/mol. The van der Waals surface area contributed by atoms with Crippen molar-refractivity contribution in [3.63, 3.8) is 0 Å². The SMILES string of the molecule is CCNC(=O)CNC(=O)COC(=O)CCN1C(=O)[C@@H]2CC=CC[C@H]2C1=O. The van der Waals surface area contributed by atoms with Gasteiger partial charge in [0.05, 0.1) is 24.8 Å². The highest BCUT2D eigenvalue weighted by Crippen LogP contribution is 2.34. The van der Waals surface area contributed by atoms with Gasteiger partial charge in [0.15, 0.2) is 6.61 Å². The minimum Gasteiger partial charge on any atom is -0.456 e. The third-order valence-corrected chi connectivity index (χ3v) is 4.32. The maximum Gasteiger partial charge on any atom is 0.308 e. The van der Waals surface area contributed by atoms with Crippen LogP contribution in [0.2, 0.25) is 0 Å². The van der Waals surface area contributed by atoms with Crippen molar-refractivity contribution in [1.82, 2.24) is 15.5 Å². The van der Waals surface area contributed by atoms with E-state index < -0.39 is 18.5 Å². The summed E-state index contributed by atoms with van der Waals surface area (Å²) in [6, 6.07) is 0. The molecule has 1 heterocycles. The predicted octanol–water partition coefficient (Wildman–Crippen LogP) is -0.877. The van der Waals surface area contributed by atoms with Crippen LogP contribution in [0.5, 0.6) is 0 Å². The lowest BCUT2D eigenvalue weighted by atomic mass is 9.85. The van der Waals surface area contributed by atoms with Gasteiger partial charge in [-0.3, -0.25) is 28.9 Å². The van der Waals surface area contributed by atoms with E-state index >= 15 is 0 Å². The van der Waals surface area contributed by atoms with Gasteiger partial charge in [-0.1, -0.05) is 12.2 Å². The minimum atomic E-state index is -0.688. The second-order valence-corrected chi connectivity index (χ2v) is 6.12. The predicted molar refractivity (Wildman–Crippen MR) is 89.3 cm³/mol. The number of esters is 1. The Morgan fingerprint density at radius 1 is 1.08 bits per heavy atom. The molecule has 142 valence electrons. The van der Waals surface area contributed by atoms with Gasteiger partial charge in [-0.25, -0.2) is 0 Å². The summed E-state index contributed by atoms with van der Waals surface area (Å²) >= 11 is 0. The van der Waals surface area contributed by atoms with E-state index in [1.807, 2.05) is 12.2 Å². The minimum absolute atomic E-state index is 0.0516. The number of nitrogens with zero attached hydrogens (tertiary/aromatic N) is 1. The molecule has 0 spiro atoms. The Labute approximate surface area is 151 Å². The lowest BCUT2D eigenvalue weighted by Gasteiger charge is -2.14. The molecule has 0 aromatic rings. The molecule has 4 amide bonds. The van der Waals surface area contributed by atoms with Gasteiger partial charge < -0.3 is 15.4 Å². The highest BCUT2D eigenvalue weighted by molar-refractivity contribution is 6.05. The van der Waals surface area contributed by atoms with E-state index in [9.17, 15) is 24.0 Å². The van der Waals surface area contributed by atoms with Gasteiger partial charge >= 0.3 is 5.97 Å². The fourth-order valence-electron chi connectivity index (χ4n) is 3.00. The van der Waals surface area contributed by atoms with Crippen molar-refractivity contribution in [1.29, 1.82) is 0 Å². The average molecular weight is 365 g/mol. The molecule has 1 aliphatic carbocycles. The second-order valence-electron chi connectivity index (χ2n) is 6.12. The molecule has 0 unspecified atom stereocenters. The second kappa shape index (κ2) is 9.12. The van der Waals surface area contributed by atoms with Crippen molar-refractivity contribution in [3.05, 3.63) is 12.2 Å². The zero-order valence-corrected chi connectivity index (χ0v) is 14.7. The van der Waals surface area contributed by atoms with E-state index in [2.05, 4.69) is 10.6 Å². The number of hydrogen-bond acceptors (Lipinski definition) is 6. The van der Waals surface area contributed by atoms with Gasteiger partial charge in [0.1, 0.15) is 0 Å². The van der Waals surface area contributed by atoms with Crippen molar-refractivity contribution < 1.29 is 28.7 Å². The molecule has 0 aromatic heterocycles. The Balaban J connectivity index is 1.69. The summed E-state index contributed by atoms with van der Waals surface area (Å²) in [6.07, 6.45) is 4.70. The Morgan fingerprint density at radius 3 is 2.27 bits per heavy atom. The first kappa shape index (κ1) is 19.6. The number of hydrogen-bond donors (Lipinski definition) is 2. The molecular formula is C17H23N3O6. The lowest BCUT2D eigenvalue weighted by molar-refractivity contribution is -0.149. The van der Waals surface area contributed by atoms with Crippen LogP contribution >= 0.6 is 0 Å². The lowest BCUT2D eigenvalue weighted by Crippen LogP contribution is -2.38. The van der Waals surface area contributed by atoms with Crippen molar-refractivity contribution >= 4 is 29.6 Å². The van der Waals surface area contributed by atoms with Crippen LogP contribution in [0.25, 0.3) is 0 Å². The topological polar surface area (TPSA) is 122 Å². The van der Waals surface area contributed by atoms with Crippen LogP contribution in [0.4, 0.5) is 0 Å². The molecule has 0 bridgehead atoms. The quantitative estimate of drug-likeness (QED) is 0.327. The first-order valence-electron chi connectivity index (χ1n) is 8.63. The van der Waals surface area contributed by atoms with E-state index in [4.69, 9.17) is 4.74 Å². The van der Waals surface area contributed by atoms with Crippen molar-refractivity contribution in [2.45, 2.75) is 26.2 Å². The number of carbonyl (C=O) groups excluding carboxylic acids is 5. The van der Waals surface area contributed by atoms with Gasteiger partial charge in [-0.05, 0) is 19.8 Å². The number of nitrogens with one attached hydrogen (secondary N) is 2. The summed E-state index contributed by atoms with van der Waals surface area (Å²) < 4.78 is 4.80. The van der Waals surface area contributed by atoms with E-state index in [0.29, 0.717) is 19.4 Å². The average Bonchev–Trinajstić information content (AvgIpc) is 2.88. The Hall–Kier alpha value is -2.71. The zero-order chi connectivity index (χ0) is 19.1. The van der Waals surface area contributed by atoms with E-state index in [1.165, 1.54) is 0 Å². The summed E-state index contributed by atoms with van der Waals surface area (Å²) in [7, 11) is 0. The third kappa shape index (κ3) is 4.90. The number of carbonyl (C=O) groups is 5. The largest absolute Gasteiger partial charge is 0.456 e. The molecule has 1 saturated heterocycles. The van der Waals surface area contributed by atoms with Gasteiger partial charge in [0.25, 0.3) is 5.91 Å². The molecule has 1 aliphatic heterocycles. The summed E-state index contributed by atoms with van der Waals surface area (Å²) in [5.74, 6) is -2.79. The standard InChI is InChI=1S/C17H23N3O6/c1-2-18-13(21)9-19-14(22)10-26-15(23)7-8-20-16(24)11-5-3-4-6-12(11)17(20)25/h3-4,11-12H,2,5-10H2,1H3,(H,18,21)(H,19,22)/t11-,12-/m1/s1. The Kier molecular flexibility index (Phi) is 6.88. The van der Waals surface area contributed by atoms with Crippen molar-refractivity contribution in [2.24, 2.45) is 11.8 Å².